The molecular formula is C27H37F2N9O4S. The number of ether oxygens (including phenoxy) is 2. The first-order valence-electron chi connectivity index (χ1n) is 14.7. The van der Waals surface area contributed by atoms with Crippen molar-refractivity contribution in [2.45, 2.75) is 25.7 Å². The maximum atomic E-state index is 14.3. The van der Waals surface area contributed by atoms with Crippen molar-refractivity contribution in [2.75, 3.05) is 94.8 Å². The number of piperidine rings is 1. The standard InChI is InChI=1S/C27H37F2N9O4S/c1-41-21-7-5-6-20-22(21)30-24(23(28)29)38(20)27-32-25(31-26(33-27)36-14-17-42-18-15-36)35-10-12-37(13-11-35)43(39,40)19-16-34-8-3-2-4-9-34/h5-7,23H,2-4,8-19H2,1H3. The average molecular weight is 622 g/mol. The molecule has 2 aromatic heterocycles. The summed E-state index contributed by atoms with van der Waals surface area (Å²) in [7, 11) is -1.96. The van der Waals surface area contributed by atoms with Gasteiger partial charge in [0.05, 0.1) is 31.6 Å². The van der Waals surface area contributed by atoms with Crippen molar-refractivity contribution in [2.24, 2.45) is 0 Å². The van der Waals surface area contributed by atoms with Crippen molar-refractivity contribution >= 4 is 33.0 Å². The molecule has 234 valence electrons. The number of hydrogen-bond donors (Lipinski definition) is 0. The highest BCUT2D eigenvalue weighted by molar-refractivity contribution is 7.89. The Labute approximate surface area is 249 Å². The van der Waals surface area contributed by atoms with Crippen molar-refractivity contribution in [3.8, 4) is 11.7 Å². The zero-order chi connectivity index (χ0) is 30.0. The number of hydrogen-bond acceptors (Lipinski definition) is 11. The van der Waals surface area contributed by atoms with Crippen LogP contribution in [-0.2, 0) is 14.8 Å². The van der Waals surface area contributed by atoms with E-state index in [4.69, 9.17) is 14.5 Å². The molecule has 13 nitrogen and oxygen atoms in total. The van der Waals surface area contributed by atoms with Crippen LogP contribution < -0.4 is 14.5 Å². The highest BCUT2D eigenvalue weighted by atomic mass is 32.2. The summed E-state index contributed by atoms with van der Waals surface area (Å²) in [5.74, 6) is 0.589. The number of rotatable bonds is 9. The van der Waals surface area contributed by atoms with Crippen LogP contribution >= 0.6 is 0 Å². The number of sulfonamides is 1. The fraction of sp³-hybridized carbons (Fsp3) is 0.630. The summed E-state index contributed by atoms with van der Waals surface area (Å²) in [5, 5.41) is 0. The predicted octanol–water partition coefficient (Wildman–Crippen LogP) is 1.93. The lowest BCUT2D eigenvalue weighted by atomic mass is 10.1. The van der Waals surface area contributed by atoms with Crippen LogP contribution in [0.4, 0.5) is 20.7 Å². The van der Waals surface area contributed by atoms with Crippen LogP contribution in [0.1, 0.15) is 31.5 Å². The van der Waals surface area contributed by atoms with Gasteiger partial charge in [0.15, 0.2) is 5.82 Å². The lowest BCUT2D eigenvalue weighted by Crippen LogP contribution is -2.51. The number of halogens is 2. The molecule has 0 unspecified atom stereocenters. The summed E-state index contributed by atoms with van der Waals surface area (Å²) >= 11 is 0. The zero-order valence-electron chi connectivity index (χ0n) is 24.2. The molecule has 0 aliphatic carbocycles. The molecule has 3 saturated heterocycles. The van der Waals surface area contributed by atoms with Crippen molar-refractivity contribution in [1.82, 2.24) is 33.7 Å². The Morgan fingerprint density at radius 3 is 2.16 bits per heavy atom. The Morgan fingerprint density at radius 1 is 0.860 bits per heavy atom. The van der Waals surface area contributed by atoms with Gasteiger partial charge in [-0.2, -0.15) is 19.3 Å². The van der Waals surface area contributed by atoms with Gasteiger partial charge in [0.2, 0.25) is 27.9 Å². The minimum atomic E-state index is -3.42. The number of aromatic nitrogens is 5. The smallest absolute Gasteiger partial charge is 0.296 e. The normalized spacial score (nSPS) is 19.4. The number of nitrogens with zero attached hydrogens (tertiary/aromatic N) is 9. The molecule has 3 aromatic rings. The molecule has 0 amide bonds. The van der Waals surface area contributed by atoms with Crippen LogP contribution in [0.5, 0.6) is 5.75 Å². The fourth-order valence-electron chi connectivity index (χ4n) is 5.83. The van der Waals surface area contributed by atoms with Crippen LogP contribution in [0.3, 0.4) is 0 Å². The van der Waals surface area contributed by atoms with Gasteiger partial charge in [0, 0.05) is 45.8 Å². The van der Waals surface area contributed by atoms with Crippen LogP contribution in [0, 0.1) is 0 Å². The summed E-state index contributed by atoms with van der Waals surface area (Å²) in [5.41, 5.74) is 0.655. The minimum absolute atomic E-state index is 0.00845. The maximum absolute atomic E-state index is 14.3. The number of para-hydroxylation sites is 1. The SMILES string of the molecule is COc1cccc2c1nc(C(F)F)n2-c1nc(N2CCOCC2)nc(N2CCN(S(=O)(=O)CCN3CCCCC3)CC2)n1. The average Bonchev–Trinajstić information content (AvgIpc) is 3.45. The molecule has 1 aromatic carbocycles. The van der Waals surface area contributed by atoms with Crippen molar-refractivity contribution in [3.63, 3.8) is 0 Å². The second-order valence-electron chi connectivity index (χ2n) is 10.9. The van der Waals surface area contributed by atoms with Gasteiger partial charge in [-0.15, -0.1) is 0 Å². The quantitative estimate of drug-likeness (QED) is 0.348. The van der Waals surface area contributed by atoms with E-state index in [-0.39, 0.29) is 30.3 Å². The van der Waals surface area contributed by atoms with E-state index in [0.717, 1.165) is 25.9 Å². The van der Waals surface area contributed by atoms with Crippen LogP contribution in [0.15, 0.2) is 18.2 Å². The largest absolute Gasteiger partial charge is 0.494 e. The van der Waals surface area contributed by atoms with Crippen LogP contribution in [-0.4, -0.2) is 127 Å². The van der Waals surface area contributed by atoms with Gasteiger partial charge in [-0.1, -0.05) is 12.5 Å². The van der Waals surface area contributed by atoms with E-state index < -0.39 is 22.3 Å². The highest BCUT2D eigenvalue weighted by Crippen LogP contribution is 2.32. The Bertz CT molecular complexity index is 1520. The van der Waals surface area contributed by atoms with Crippen molar-refractivity contribution in [1.29, 1.82) is 0 Å². The van der Waals surface area contributed by atoms with Gasteiger partial charge in [-0.3, -0.25) is 4.57 Å². The van der Waals surface area contributed by atoms with Gasteiger partial charge in [-0.25, -0.2) is 22.2 Å². The molecule has 0 N–H and O–H groups in total. The lowest BCUT2D eigenvalue weighted by Gasteiger charge is -2.35. The molecule has 0 saturated carbocycles. The molecule has 3 aliphatic rings. The topological polar surface area (TPSA) is 122 Å². The van der Waals surface area contributed by atoms with Crippen molar-refractivity contribution < 1.29 is 26.7 Å². The number of fused-ring (bicyclic) bond motifs is 1. The Morgan fingerprint density at radius 2 is 1.51 bits per heavy atom. The fourth-order valence-corrected chi connectivity index (χ4v) is 7.29. The van der Waals surface area contributed by atoms with E-state index in [1.165, 1.54) is 22.4 Å². The van der Waals surface area contributed by atoms with Crippen LogP contribution in [0.25, 0.3) is 17.0 Å². The molecule has 0 spiro atoms. The van der Waals surface area contributed by atoms with Crippen LogP contribution in [0.2, 0.25) is 0 Å². The molecule has 5 heterocycles. The molecule has 43 heavy (non-hydrogen) atoms. The van der Waals surface area contributed by atoms with Gasteiger partial charge < -0.3 is 24.2 Å². The summed E-state index contributed by atoms with van der Waals surface area (Å²) in [6.07, 6.45) is 0.523. The monoisotopic (exact) mass is 621 g/mol. The molecule has 3 aliphatic heterocycles. The first-order valence-corrected chi connectivity index (χ1v) is 16.3. The van der Waals surface area contributed by atoms with E-state index in [1.54, 1.807) is 18.2 Å². The number of alkyl halides is 2. The Kier molecular flexibility index (Phi) is 8.88. The summed E-state index contributed by atoms with van der Waals surface area (Å²) in [6, 6.07) is 5.03. The second-order valence-corrected chi connectivity index (χ2v) is 13.0. The number of morpholine rings is 1. The van der Waals surface area contributed by atoms with Gasteiger partial charge >= 0.3 is 0 Å². The number of likely N-dealkylation sites (tertiary alicyclic amines) is 1. The molecule has 6 rings (SSSR count). The van der Waals surface area contributed by atoms with Gasteiger partial charge in [-0.05, 0) is 38.1 Å². The van der Waals surface area contributed by atoms with Crippen molar-refractivity contribution in [3.05, 3.63) is 24.0 Å². The number of benzene rings is 1. The molecule has 0 atom stereocenters. The lowest BCUT2D eigenvalue weighted by molar-refractivity contribution is 0.122. The third-order valence-corrected chi connectivity index (χ3v) is 10.1. The number of methoxy groups -OCH3 is 1. The number of imidazole rings is 1. The summed E-state index contributed by atoms with van der Waals surface area (Å²) < 4.78 is 68.6. The summed E-state index contributed by atoms with van der Waals surface area (Å²) in [6.45, 7) is 5.75. The first-order chi connectivity index (χ1) is 20.8. The Hall–Kier alpha value is -3.21. The van der Waals surface area contributed by atoms with E-state index in [9.17, 15) is 17.2 Å². The molecular weight excluding hydrogens is 584 g/mol. The second kappa shape index (κ2) is 12.8. The minimum Gasteiger partial charge on any atom is -0.494 e. The van der Waals surface area contributed by atoms with E-state index >= 15 is 0 Å². The molecule has 0 radical (unpaired) electrons. The molecule has 3 fully saturated rings. The summed E-state index contributed by atoms with van der Waals surface area (Å²) in [4.78, 5) is 24.2. The maximum Gasteiger partial charge on any atom is 0.296 e. The van der Waals surface area contributed by atoms with Gasteiger partial charge in [0.25, 0.3) is 6.43 Å². The molecule has 16 heteroatoms. The first kappa shape index (κ1) is 29.8. The zero-order valence-corrected chi connectivity index (χ0v) is 25.1. The third-order valence-electron chi connectivity index (χ3n) is 8.21. The van der Waals surface area contributed by atoms with E-state index in [0.29, 0.717) is 69.1 Å². The van der Waals surface area contributed by atoms with Gasteiger partial charge in [0.1, 0.15) is 11.3 Å². The Balaban J connectivity index is 1.29. The molecule has 0 bridgehead atoms. The highest BCUT2D eigenvalue weighted by Gasteiger charge is 2.31. The predicted molar refractivity (Wildman–Crippen MR) is 157 cm³/mol. The van der Waals surface area contributed by atoms with E-state index in [2.05, 4.69) is 19.9 Å². The number of anilines is 2. The number of piperazine rings is 1. The van der Waals surface area contributed by atoms with E-state index in [1.807, 2.05) is 9.80 Å². The third kappa shape index (κ3) is 6.37.